The predicted molar refractivity (Wildman–Crippen MR) is 84.6 cm³/mol. The Bertz CT molecular complexity index is 613. The van der Waals surface area contributed by atoms with Gasteiger partial charge < -0.3 is 10.3 Å². The maximum Gasteiger partial charge on any atom is 0.109 e. The Labute approximate surface area is 119 Å². The summed E-state index contributed by atoms with van der Waals surface area (Å²) in [7, 11) is 0. The lowest BCUT2D eigenvalue weighted by molar-refractivity contribution is 0.678. The van der Waals surface area contributed by atoms with Gasteiger partial charge in [0.15, 0.2) is 0 Å². The van der Waals surface area contributed by atoms with Crippen LogP contribution in [0.4, 0.5) is 0 Å². The third-order valence-electron chi connectivity index (χ3n) is 3.50. The molecule has 0 spiro atoms. The van der Waals surface area contributed by atoms with Crippen molar-refractivity contribution >= 4 is 28.2 Å². The Balaban J connectivity index is 2.51. The Morgan fingerprint density at radius 1 is 1.32 bits per heavy atom. The third-order valence-corrected chi connectivity index (χ3v) is 3.70. The highest BCUT2D eigenvalue weighted by molar-refractivity contribution is 7.80. The molecule has 19 heavy (non-hydrogen) atoms. The van der Waals surface area contributed by atoms with Crippen LogP contribution in [0.25, 0.3) is 11.0 Å². The zero-order valence-corrected chi connectivity index (χ0v) is 12.7. The zero-order chi connectivity index (χ0) is 14.0. The number of aromatic nitrogens is 2. The number of hydrogen-bond acceptors (Lipinski definition) is 2. The smallest absolute Gasteiger partial charge is 0.109 e. The van der Waals surface area contributed by atoms with Crippen LogP contribution in [0, 0.1) is 13.8 Å². The monoisotopic (exact) mass is 275 g/mol. The van der Waals surface area contributed by atoms with E-state index in [2.05, 4.69) is 37.5 Å². The lowest BCUT2D eigenvalue weighted by Crippen LogP contribution is -2.13. The van der Waals surface area contributed by atoms with E-state index < -0.39 is 0 Å². The van der Waals surface area contributed by atoms with E-state index in [0.717, 1.165) is 37.1 Å². The highest BCUT2D eigenvalue weighted by Gasteiger charge is 2.11. The summed E-state index contributed by atoms with van der Waals surface area (Å²) in [6.07, 6.45) is 2.81. The second kappa shape index (κ2) is 5.70. The second-order valence-electron chi connectivity index (χ2n) is 5.07. The largest absolute Gasteiger partial charge is 0.393 e. The number of nitrogens with zero attached hydrogens (tertiary/aromatic N) is 2. The highest BCUT2D eigenvalue weighted by Crippen LogP contribution is 2.22. The van der Waals surface area contributed by atoms with E-state index in [9.17, 15) is 0 Å². The van der Waals surface area contributed by atoms with Gasteiger partial charge in [0.2, 0.25) is 0 Å². The van der Waals surface area contributed by atoms with Crippen LogP contribution in [-0.4, -0.2) is 14.5 Å². The molecule has 0 aliphatic carbocycles. The topological polar surface area (TPSA) is 43.8 Å². The summed E-state index contributed by atoms with van der Waals surface area (Å²) in [6, 6.07) is 4.39. The summed E-state index contributed by atoms with van der Waals surface area (Å²) >= 11 is 4.99. The van der Waals surface area contributed by atoms with Crippen LogP contribution in [0.15, 0.2) is 12.1 Å². The first-order chi connectivity index (χ1) is 9.02. The molecule has 0 fully saturated rings. The van der Waals surface area contributed by atoms with Gasteiger partial charge in [0.05, 0.1) is 16.0 Å². The number of nitrogens with two attached hydrogens (primary N) is 1. The molecule has 0 atom stereocenters. The Morgan fingerprint density at radius 3 is 2.63 bits per heavy atom. The zero-order valence-electron chi connectivity index (χ0n) is 11.9. The average Bonchev–Trinajstić information content (AvgIpc) is 2.65. The van der Waals surface area contributed by atoms with Crippen LogP contribution >= 0.6 is 12.2 Å². The van der Waals surface area contributed by atoms with Crippen molar-refractivity contribution in [3.63, 3.8) is 0 Å². The lowest BCUT2D eigenvalue weighted by Gasteiger charge is -2.09. The molecule has 1 aromatic heterocycles. The molecule has 0 aliphatic heterocycles. The lowest BCUT2D eigenvalue weighted by atomic mass is 10.1. The molecule has 0 saturated carbocycles. The van der Waals surface area contributed by atoms with E-state index in [1.165, 1.54) is 16.6 Å². The Kier molecular flexibility index (Phi) is 4.20. The van der Waals surface area contributed by atoms with Crippen molar-refractivity contribution in [2.75, 3.05) is 0 Å². The summed E-state index contributed by atoms with van der Waals surface area (Å²) in [5.74, 6) is 1.14. The summed E-state index contributed by atoms with van der Waals surface area (Å²) in [6.45, 7) is 7.26. The number of rotatable bonds is 5. The maximum absolute atomic E-state index is 5.63. The van der Waals surface area contributed by atoms with Crippen LogP contribution in [0.2, 0.25) is 0 Å². The second-order valence-corrected chi connectivity index (χ2v) is 5.60. The molecule has 4 heteroatoms. The van der Waals surface area contributed by atoms with Crippen LogP contribution in [0.5, 0.6) is 0 Å². The van der Waals surface area contributed by atoms with Crippen molar-refractivity contribution in [3.05, 3.63) is 29.1 Å². The first-order valence-electron chi connectivity index (χ1n) is 6.77. The molecule has 2 rings (SSSR count). The van der Waals surface area contributed by atoms with Gasteiger partial charge in [-0.15, -0.1) is 0 Å². The number of thiocarbonyl (C=S) groups is 1. The SMILES string of the molecule is CCCc1nc2cc(C)c(C)cc2n1CCC(N)=S. The molecule has 2 N–H and O–H groups in total. The van der Waals surface area contributed by atoms with Crippen LogP contribution < -0.4 is 5.73 Å². The molecule has 0 unspecified atom stereocenters. The van der Waals surface area contributed by atoms with E-state index in [4.69, 9.17) is 22.9 Å². The average molecular weight is 275 g/mol. The molecule has 0 saturated heterocycles. The maximum atomic E-state index is 5.63. The summed E-state index contributed by atoms with van der Waals surface area (Å²) in [4.78, 5) is 5.32. The molecular formula is C15H21N3S. The van der Waals surface area contributed by atoms with Crippen LogP contribution in [-0.2, 0) is 13.0 Å². The van der Waals surface area contributed by atoms with Gasteiger partial charge in [-0.25, -0.2) is 4.98 Å². The van der Waals surface area contributed by atoms with Gasteiger partial charge in [0, 0.05) is 19.4 Å². The number of imidazole rings is 1. The summed E-state index contributed by atoms with van der Waals surface area (Å²) < 4.78 is 2.27. The fraction of sp³-hybridized carbons (Fsp3) is 0.467. The highest BCUT2D eigenvalue weighted by atomic mass is 32.1. The Hall–Kier alpha value is -1.42. The van der Waals surface area contributed by atoms with Gasteiger partial charge in [0.1, 0.15) is 5.82 Å². The molecule has 0 amide bonds. The van der Waals surface area contributed by atoms with Crippen molar-refractivity contribution in [2.45, 2.75) is 46.6 Å². The molecular weight excluding hydrogens is 254 g/mol. The molecule has 2 aromatic rings. The van der Waals surface area contributed by atoms with E-state index in [1.807, 2.05) is 0 Å². The quantitative estimate of drug-likeness (QED) is 0.852. The van der Waals surface area contributed by atoms with Gasteiger partial charge in [-0.05, 0) is 43.5 Å². The first kappa shape index (κ1) is 14.0. The van der Waals surface area contributed by atoms with Crippen LogP contribution in [0.1, 0.15) is 36.7 Å². The van der Waals surface area contributed by atoms with Crippen LogP contribution in [0.3, 0.4) is 0 Å². The van der Waals surface area contributed by atoms with Gasteiger partial charge in [0.25, 0.3) is 0 Å². The minimum absolute atomic E-state index is 0.563. The number of hydrogen-bond donors (Lipinski definition) is 1. The van der Waals surface area contributed by atoms with E-state index in [-0.39, 0.29) is 0 Å². The van der Waals surface area contributed by atoms with Gasteiger partial charge in [-0.3, -0.25) is 0 Å². The molecule has 0 bridgehead atoms. The summed E-state index contributed by atoms with van der Waals surface area (Å²) in [5, 5.41) is 0. The van der Waals surface area contributed by atoms with E-state index >= 15 is 0 Å². The fourth-order valence-electron chi connectivity index (χ4n) is 2.32. The molecule has 0 radical (unpaired) electrons. The number of benzene rings is 1. The van der Waals surface area contributed by atoms with Crippen molar-refractivity contribution in [3.8, 4) is 0 Å². The van der Waals surface area contributed by atoms with Gasteiger partial charge >= 0.3 is 0 Å². The minimum Gasteiger partial charge on any atom is -0.393 e. The molecule has 0 aliphatic rings. The van der Waals surface area contributed by atoms with E-state index in [0.29, 0.717) is 4.99 Å². The fourth-order valence-corrected chi connectivity index (χ4v) is 2.41. The third kappa shape index (κ3) is 2.95. The number of aryl methyl sites for hydroxylation is 4. The molecule has 3 nitrogen and oxygen atoms in total. The first-order valence-corrected chi connectivity index (χ1v) is 7.18. The van der Waals surface area contributed by atoms with Crippen molar-refractivity contribution in [2.24, 2.45) is 5.73 Å². The molecule has 1 heterocycles. The minimum atomic E-state index is 0.563. The normalized spacial score (nSPS) is 11.1. The van der Waals surface area contributed by atoms with Gasteiger partial charge in [-0.1, -0.05) is 19.1 Å². The number of fused-ring (bicyclic) bond motifs is 1. The van der Waals surface area contributed by atoms with Gasteiger partial charge in [-0.2, -0.15) is 0 Å². The summed E-state index contributed by atoms with van der Waals surface area (Å²) in [5.41, 5.74) is 10.5. The Morgan fingerprint density at radius 2 is 2.00 bits per heavy atom. The standard InChI is InChI=1S/C15H21N3S/c1-4-5-15-17-12-8-10(2)11(3)9-13(12)18(15)7-6-14(16)19/h8-9H,4-7H2,1-3H3,(H2,16,19). The van der Waals surface area contributed by atoms with Crippen molar-refractivity contribution in [1.29, 1.82) is 0 Å². The molecule has 102 valence electrons. The van der Waals surface area contributed by atoms with E-state index in [1.54, 1.807) is 0 Å². The molecule has 1 aromatic carbocycles. The van der Waals surface area contributed by atoms with Crippen molar-refractivity contribution < 1.29 is 0 Å². The van der Waals surface area contributed by atoms with Crippen molar-refractivity contribution in [1.82, 2.24) is 9.55 Å². The predicted octanol–water partition coefficient (Wildman–Crippen LogP) is 3.28.